The molecule has 0 aliphatic rings. The molecule has 0 unspecified atom stereocenters. The Morgan fingerprint density at radius 1 is 1.33 bits per heavy atom. The summed E-state index contributed by atoms with van der Waals surface area (Å²) in [6, 6.07) is 2.24. The van der Waals surface area contributed by atoms with E-state index in [1.54, 1.807) is 22.3 Å². The summed E-state index contributed by atoms with van der Waals surface area (Å²) in [5.41, 5.74) is 0. The summed E-state index contributed by atoms with van der Waals surface area (Å²) in [6.45, 7) is 4.08. The summed E-state index contributed by atoms with van der Waals surface area (Å²) >= 11 is 3.07. The van der Waals surface area contributed by atoms with Crippen molar-refractivity contribution in [1.29, 1.82) is 0 Å². The number of hydrogen-bond donors (Lipinski definition) is 0. The molecule has 0 saturated carbocycles. The Hall–Kier alpha value is -1.54. The summed E-state index contributed by atoms with van der Waals surface area (Å²) in [5, 5.41) is 16.4. The topological polar surface area (TPSA) is 69.4 Å². The first-order chi connectivity index (χ1) is 8.75. The van der Waals surface area contributed by atoms with Gasteiger partial charge in [0.15, 0.2) is 0 Å². The Morgan fingerprint density at radius 3 is 3.06 bits per heavy atom. The molecule has 0 amide bonds. The van der Waals surface area contributed by atoms with Gasteiger partial charge in [0.25, 0.3) is 0 Å². The van der Waals surface area contributed by atoms with Crippen LogP contribution in [0.25, 0.3) is 10.2 Å². The number of thiophene rings is 1. The van der Waals surface area contributed by atoms with E-state index in [1.165, 1.54) is 11.8 Å². The number of hydrogen-bond acceptors (Lipinski definition) is 7. The van der Waals surface area contributed by atoms with E-state index >= 15 is 0 Å². The summed E-state index contributed by atoms with van der Waals surface area (Å²) in [6.07, 6.45) is 1.57. The molecule has 6 nitrogen and oxygen atoms in total. The van der Waals surface area contributed by atoms with Crippen LogP contribution in [0.2, 0.25) is 0 Å². The van der Waals surface area contributed by atoms with Gasteiger partial charge in [0.05, 0.1) is 6.04 Å². The molecule has 0 aliphatic heterocycles. The Bertz CT molecular complexity index is 674. The van der Waals surface area contributed by atoms with Crippen LogP contribution in [0.1, 0.15) is 19.9 Å². The quantitative estimate of drug-likeness (QED) is 0.685. The van der Waals surface area contributed by atoms with Gasteiger partial charge in [-0.3, -0.25) is 0 Å². The second-order valence-electron chi connectivity index (χ2n) is 3.92. The molecule has 0 bridgehead atoms. The number of aromatic nitrogens is 6. The standard InChI is InChI=1S/C10H10N6S2/c1-6(2)16-10(13-14-15-16)18-9-7-3-4-17-8(7)11-5-12-9/h3-6H,1-2H3. The van der Waals surface area contributed by atoms with E-state index in [4.69, 9.17) is 0 Å². The van der Waals surface area contributed by atoms with Crippen LogP contribution in [-0.4, -0.2) is 30.2 Å². The fourth-order valence-electron chi connectivity index (χ4n) is 1.51. The second-order valence-corrected chi connectivity index (χ2v) is 5.77. The van der Waals surface area contributed by atoms with Crippen molar-refractivity contribution in [2.75, 3.05) is 0 Å². The van der Waals surface area contributed by atoms with Crippen LogP contribution in [0.5, 0.6) is 0 Å². The first-order valence-corrected chi connectivity index (χ1v) is 7.09. The minimum Gasteiger partial charge on any atom is -0.229 e. The number of tetrazole rings is 1. The molecule has 92 valence electrons. The van der Waals surface area contributed by atoms with Gasteiger partial charge in [-0.05, 0) is 47.5 Å². The molecule has 8 heteroatoms. The van der Waals surface area contributed by atoms with E-state index in [0.29, 0.717) is 0 Å². The van der Waals surface area contributed by atoms with E-state index in [9.17, 15) is 0 Å². The molecule has 3 heterocycles. The Kier molecular flexibility index (Phi) is 2.96. The van der Waals surface area contributed by atoms with Gasteiger partial charge >= 0.3 is 0 Å². The van der Waals surface area contributed by atoms with E-state index < -0.39 is 0 Å². The van der Waals surface area contributed by atoms with Gasteiger partial charge in [0.2, 0.25) is 5.16 Å². The van der Waals surface area contributed by atoms with Crippen LogP contribution < -0.4 is 0 Å². The molecule has 0 spiro atoms. The zero-order chi connectivity index (χ0) is 12.5. The van der Waals surface area contributed by atoms with Crippen molar-refractivity contribution >= 4 is 33.3 Å². The molecule has 0 aliphatic carbocycles. The largest absolute Gasteiger partial charge is 0.229 e. The highest BCUT2D eigenvalue weighted by atomic mass is 32.2. The first-order valence-electron chi connectivity index (χ1n) is 5.39. The summed E-state index contributed by atoms with van der Waals surface area (Å²) in [7, 11) is 0. The predicted octanol–water partition coefficient (Wildman–Crippen LogP) is 2.41. The average Bonchev–Trinajstić information content (AvgIpc) is 2.96. The van der Waals surface area contributed by atoms with Crippen molar-refractivity contribution in [2.45, 2.75) is 30.1 Å². The molecule has 3 aromatic heterocycles. The molecule has 0 fully saturated rings. The zero-order valence-electron chi connectivity index (χ0n) is 9.81. The molecular formula is C10H10N6S2. The lowest BCUT2D eigenvalue weighted by Gasteiger charge is -2.06. The third-order valence-electron chi connectivity index (χ3n) is 2.36. The van der Waals surface area contributed by atoms with Gasteiger partial charge in [-0.1, -0.05) is 0 Å². The maximum atomic E-state index is 4.30. The van der Waals surface area contributed by atoms with E-state index in [2.05, 4.69) is 25.5 Å². The fourth-order valence-corrected chi connectivity index (χ4v) is 3.27. The van der Waals surface area contributed by atoms with Gasteiger partial charge in [-0.25, -0.2) is 14.6 Å². The third kappa shape index (κ3) is 1.97. The molecule has 3 aromatic rings. The monoisotopic (exact) mass is 278 g/mol. The van der Waals surface area contributed by atoms with Crippen molar-refractivity contribution in [2.24, 2.45) is 0 Å². The van der Waals surface area contributed by atoms with Crippen molar-refractivity contribution in [3.63, 3.8) is 0 Å². The SMILES string of the molecule is CC(C)n1nnnc1Sc1ncnc2sccc12. The molecule has 0 N–H and O–H groups in total. The van der Waals surface area contributed by atoms with Crippen molar-refractivity contribution < 1.29 is 0 Å². The highest BCUT2D eigenvalue weighted by molar-refractivity contribution is 7.99. The van der Waals surface area contributed by atoms with Crippen LogP contribution in [-0.2, 0) is 0 Å². The molecular weight excluding hydrogens is 268 g/mol. The van der Waals surface area contributed by atoms with E-state index in [-0.39, 0.29) is 6.04 Å². The molecule has 0 atom stereocenters. The summed E-state index contributed by atoms with van der Waals surface area (Å²) in [4.78, 5) is 9.51. The van der Waals surface area contributed by atoms with Crippen LogP contribution in [0.3, 0.4) is 0 Å². The Labute approximate surface area is 111 Å². The van der Waals surface area contributed by atoms with E-state index in [0.717, 1.165) is 20.4 Å². The average molecular weight is 278 g/mol. The normalized spacial score (nSPS) is 11.5. The first kappa shape index (κ1) is 11.5. The van der Waals surface area contributed by atoms with Crippen molar-refractivity contribution in [1.82, 2.24) is 30.2 Å². The van der Waals surface area contributed by atoms with E-state index in [1.807, 2.05) is 25.3 Å². The van der Waals surface area contributed by atoms with Crippen LogP contribution in [0.4, 0.5) is 0 Å². The highest BCUT2D eigenvalue weighted by Gasteiger charge is 2.14. The summed E-state index contributed by atoms with van der Waals surface area (Å²) < 4.78 is 1.78. The zero-order valence-corrected chi connectivity index (χ0v) is 11.4. The van der Waals surface area contributed by atoms with Gasteiger partial charge in [0.1, 0.15) is 16.2 Å². The molecule has 0 radical (unpaired) electrons. The summed E-state index contributed by atoms with van der Waals surface area (Å²) in [5.74, 6) is 0. The van der Waals surface area contributed by atoms with Gasteiger partial charge in [-0.15, -0.1) is 16.4 Å². The minimum atomic E-state index is 0.224. The van der Waals surface area contributed by atoms with Gasteiger partial charge in [0, 0.05) is 5.39 Å². The Balaban J connectivity index is 2.01. The smallest absolute Gasteiger partial charge is 0.215 e. The number of fused-ring (bicyclic) bond motifs is 1. The van der Waals surface area contributed by atoms with Gasteiger partial charge < -0.3 is 0 Å². The molecule has 3 rings (SSSR count). The van der Waals surface area contributed by atoms with Gasteiger partial charge in [-0.2, -0.15) is 0 Å². The minimum absolute atomic E-state index is 0.224. The molecule has 0 saturated heterocycles. The van der Waals surface area contributed by atoms with Crippen LogP contribution >= 0.6 is 23.1 Å². The maximum absolute atomic E-state index is 4.30. The third-order valence-corrected chi connectivity index (χ3v) is 4.16. The maximum Gasteiger partial charge on any atom is 0.215 e. The van der Waals surface area contributed by atoms with Crippen LogP contribution in [0, 0.1) is 0 Å². The van der Waals surface area contributed by atoms with Crippen molar-refractivity contribution in [3.8, 4) is 0 Å². The lowest BCUT2D eigenvalue weighted by atomic mass is 10.4. The fraction of sp³-hybridized carbons (Fsp3) is 0.300. The van der Waals surface area contributed by atoms with Crippen molar-refractivity contribution in [3.05, 3.63) is 17.8 Å². The lowest BCUT2D eigenvalue weighted by molar-refractivity contribution is 0.477. The highest BCUT2D eigenvalue weighted by Crippen LogP contribution is 2.32. The predicted molar refractivity (Wildman–Crippen MR) is 69.7 cm³/mol. The lowest BCUT2D eigenvalue weighted by Crippen LogP contribution is -2.04. The Morgan fingerprint density at radius 2 is 2.22 bits per heavy atom. The number of nitrogens with zero attached hydrogens (tertiary/aromatic N) is 6. The molecule has 0 aromatic carbocycles. The molecule has 18 heavy (non-hydrogen) atoms. The van der Waals surface area contributed by atoms with Crippen LogP contribution in [0.15, 0.2) is 28.0 Å². The number of rotatable bonds is 3. The second kappa shape index (κ2) is 4.62.